The van der Waals surface area contributed by atoms with Crippen LogP contribution in [0.15, 0.2) is 0 Å². The molecule has 0 saturated carbocycles. The Hall–Kier alpha value is -1.14. The van der Waals surface area contributed by atoms with E-state index in [1.54, 1.807) is 0 Å². The third-order valence-electron chi connectivity index (χ3n) is 10.7. The van der Waals surface area contributed by atoms with Crippen molar-refractivity contribution in [2.75, 3.05) is 46.4 Å². The Balaban J connectivity index is 3.68. The van der Waals surface area contributed by atoms with Gasteiger partial charge in [-0.3, -0.25) is 9.59 Å². The van der Waals surface area contributed by atoms with Crippen molar-refractivity contribution in [1.29, 1.82) is 0 Å². The Morgan fingerprint density at radius 2 is 0.760 bits per heavy atom. The summed E-state index contributed by atoms with van der Waals surface area (Å²) in [6, 6.07) is 0. The molecule has 0 fully saturated rings. The molecule has 298 valence electrons. The van der Waals surface area contributed by atoms with Crippen molar-refractivity contribution in [3.8, 4) is 0 Å². The summed E-state index contributed by atoms with van der Waals surface area (Å²) in [5.74, 6) is 2.02. The van der Waals surface area contributed by atoms with Gasteiger partial charge in [-0.25, -0.2) is 0 Å². The van der Waals surface area contributed by atoms with E-state index in [2.05, 4.69) is 45.4 Å². The normalized spacial score (nSPS) is 12.9. The van der Waals surface area contributed by atoms with Crippen LogP contribution >= 0.6 is 0 Å². The number of hydrogen-bond donors (Lipinski definition) is 3. The van der Waals surface area contributed by atoms with Gasteiger partial charge < -0.3 is 20.2 Å². The van der Waals surface area contributed by atoms with E-state index in [0.29, 0.717) is 37.0 Å². The van der Waals surface area contributed by atoms with Crippen LogP contribution in [0, 0.1) is 11.8 Å². The van der Waals surface area contributed by atoms with E-state index in [9.17, 15) is 14.7 Å². The first-order valence-corrected chi connectivity index (χ1v) is 22.2. The Morgan fingerprint density at radius 1 is 0.440 bits per heavy atom. The topological polar surface area (TPSA) is 78.4 Å². The maximum atomic E-state index is 12.4. The number of carbonyl (C=O) groups is 2. The summed E-state index contributed by atoms with van der Waals surface area (Å²) in [5.41, 5.74) is 0. The highest BCUT2D eigenvalue weighted by atomic mass is 16.3. The Kier molecular flexibility index (Phi) is 35.4. The monoisotopic (exact) mass is 709 g/mol. The molecule has 6 nitrogen and oxygen atoms in total. The van der Waals surface area contributed by atoms with Crippen molar-refractivity contribution in [2.45, 2.75) is 214 Å². The van der Waals surface area contributed by atoms with Gasteiger partial charge in [-0.2, -0.15) is 0 Å². The molecule has 50 heavy (non-hydrogen) atoms. The molecule has 0 rings (SSSR count). The molecule has 0 aromatic rings. The van der Waals surface area contributed by atoms with Crippen molar-refractivity contribution >= 4 is 11.8 Å². The minimum atomic E-state index is 0.133. The molecule has 0 heterocycles. The zero-order valence-electron chi connectivity index (χ0n) is 34.6. The zero-order chi connectivity index (χ0) is 37.0. The summed E-state index contributed by atoms with van der Waals surface area (Å²) in [7, 11) is 2.15. The SMILES string of the molecule is CC(C)CCCCCCCCCCCCCCC(=O)NCCC[N+](C)(CCO)CCNC(=O)CCCCCCCCCCCCCCC(C)C. The Labute approximate surface area is 313 Å². The average Bonchev–Trinajstić information content (AvgIpc) is 3.07. The number of rotatable bonds is 39. The third kappa shape index (κ3) is 36.6. The predicted octanol–water partition coefficient (Wildman–Crippen LogP) is 11.3. The van der Waals surface area contributed by atoms with Gasteiger partial charge in [-0.05, 0) is 24.7 Å². The minimum Gasteiger partial charge on any atom is -0.391 e. The molecular formula is C44H90N3O3+. The lowest BCUT2D eigenvalue weighted by Crippen LogP contribution is -2.51. The van der Waals surface area contributed by atoms with Gasteiger partial charge in [0.1, 0.15) is 6.54 Å². The quantitative estimate of drug-likeness (QED) is 0.0439. The largest absolute Gasteiger partial charge is 0.391 e. The highest BCUT2D eigenvalue weighted by Gasteiger charge is 2.20. The highest BCUT2D eigenvalue weighted by Crippen LogP contribution is 2.16. The van der Waals surface area contributed by atoms with Crippen LogP contribution in [0.1, 0.15) is 214 Å². The van der Waals surface area contributed by atoms with Gasteiger partial charge in [0.05, 0.1) is 33.3 Å². The lowest BCUT2D eigenvalue weighted by Gasteiger charge is -2.34. The van der Waals surface area contributed by atoms with Crippen LogP contribution in [-0.4, -0.2) is 67.8 Å². The molecule has 0 saturated heterocycles. The second-order valence-corrected chi connectivity index (χ2v) is 16.9. The molecule has 0 bridgehead atoms. The molecule has 0 radical (unpaired) electrons. The first-order chi connectivity index (χ1) is 24.2. The van der Waals surface area contributed by atoms with Crippen molar-refractivity contribution < 1.29 is 19.2 Å². The molecule has 1 unspecified atom stereocenters. The molecule has 0 aliphatic rings. The van der Waals surface area contributed by atoms with Crippen LogP contribution in [0.5, 0.6) is 0 Å². The highest BCUT2D eigenvalue weighted by molar-refractivity contribution is 5.76. The summed E-state index contributed by atoms with van der Waals surface area (Å²) in [5, 5.41) is 15.9. The van der Waals surface area contributed by atoms with Gasteiger partial charge in [0.25, 0.3) is 0 Å². The lowest BCUT2D eigenvalue weighted by atomic mass is 10.0. The fraction of sp³-hybridized carbons (Fsp3) is 0.955. The number of aliphatic hydroxyl groups is 1. The number of aliphatic hydroxyl groups excluding tert-OH is 1. The Bertz CT molecular complexity index is 744. The molecule has 0 aliphatic carbocycles. The standard InChI is InChI=1S/C44H89N3O3/c1-41(2)31-26-22-18-14-10-6-8-12-16-20-24-28-33-43(49)45-35-30-37-47(5,39-40-48)38-36-46-44(50)34-29-25-21-17-13-9-7-11-15-19-23-27-32-42(3)4/h41-42,48H,6-40H2,1-5H3,(H-,45,46,49,50)/p+1. The molecule has 0 aromatic carbocycles. The first kappa shape index (κ1) is 48.9. The van der Waals surface area contributed by atoms with Crippen LogP contribution < -0.4 is 10.6 Å². The summed E-state index contributed by atoms with van der Waals surface area (Å²) < 4.78 is 0.711. The van der Waals surface area contributed by atoms with Crippen LogP contribution in [0.2, 0.25) is 0 Å². The zero-order valence-corrected chi connectivity index (χ0v) is 34.6. The maximum absolute atomic E-state index is 12.4. The van der Waals surface area contributed by atoms with Crippen molar-refractivity contribution in [2.24, 2.45) is 11.8 Å². The van der Waals surface area contributed by atoms with E-state index >= 15 is 0 Å². The van der Waals surface area contributed by atoms with Crippen LogP contribution in [-0.2, 0) is 9.59 Å². The summed E-state index contributed by atoms with van der Waals surface area (Å²) in [6.45, 7) is 13.1. The van der Waals surface area contributed by atoms with Gasteiger partial charge in [-0.15, -0.1) is 0 Å². The summed E-state index contributed by atoms with van der Waals surface area (Å²) in [4.78, 5) is 24.7. The molecule has 2 amide bonds. The van der Waals surface area contributed by atoms with E-state index < -0.39 is 0 Å². The maximum Gasteiger partial charge on any atom is 0.220 e. The second kappa shape index (κ2) is 36.2. The lowest BCUT2D eigenvalue weighted by molar-refractivity contribution is -0.908. The summed E-state index contributed by atoms with van der Waals surface area (Å²) >= 11 is 0. The second-order valence-electron chi connectivity index (χ2n) is 16.9. The number of likely N-dealkylation sites (N-methyl/N-ethyl adjacent to an activating group) is 1. The van der Waals surface area contributed by atoms with Gasteiger partial charge in [0, 0.05) is 25.8 Å². The number of nitrogens with one attached hydrogen (secondary N) is 2. The number of quaternary nitrogens is 1. The number of carbonyl (C=O) groups excluding carboxylic acids is 2. The minimum absolute atomic E-state index is 0.133. The van der Waals surface area contributed by atoms with E-state index in [1.807, 2.05) is 0 Å². The van der Waals surface area contributed by atoms with Crippen molar-refractivity contribution in [1.82, 2.24) is 10.6 Å². The Morgan fingerprint density at radius 3 is 1.10 bits per heavy atom. The van der Waals surface area contributed by atoms with Crippen LogP contribution in [0.25, 0.3) is 0 Å². The van der Waals surface area contributed by atoms with Crippen molar-refractivity contribution in [3.63, 3.8) is 0 Å². The van der Waals surface area contributed by atoms with E-state index in [0.717, 1.165) is 57.0 Å². The smallest absolute Gasteiger partial charge is 0.220 e. The number of unbranched alkanes of at least 4 members (excludes halogenated alkanes) is 22. The van der Waals surface area contributed by atoms with Crippen molar-refractivity contribution in [3.05, 3.63) is 0 Å². The van der Waals surface area contributed by atoms with Crippen LogP contribution in [0.4, 0.5) is 0 Å². The fourth-order valence-corrected chi connectivity index (χ4v) is 7.12. The number of nitrogens with zero attached hydrogens (tertiary/aromatic N) is 1. The molecule has 0 aliphatic heterocycles. The van der Waals surface area contributed by atoms with Gasteiger partial charge in [0.15, 0.2) is 0 Å². The average molecular weight is 709 g/mol. The molecular weight excluding hydrogens is 619 g/mol. The first-order valence-electron chi connectivity index (χ1n) is 22.2. The molecule has 0 spiro atoms. The number of hydrogen-bond acceptors (Lipinski definition) is 3. The molecule has 0 aromatic heterocycles. The molecule has 1 atom stereocenters. The van der Waals surface area contributed by atoms with Gasteiger partial charge in [-0.1, -0.05) is 182 Å². The van der Waals surface area contributed by atoms with E-state index in [4.69, 9.17) is 0 Å². The predicted molar refractivity (Wildman–Crippen MR) is 217 cm³/mol. The molecule has 6 heteroatoms. The fourth-order valence-electron chi connectivity index (χ4n) is 7.12. The van der Waals surface area contributed by atoms with Crippen LogP contribution in [0.3, 0.4) is 0 Å². The van der Waals surface area contributed by atoms with Gasteiger partial charge >= 0.3 is 0 Å². The van der Waals surface area contributed by atoms with E-state index in [-0.39, 0.29) is 18.4 Å². The number of amides is 2. The molecule has 3 N–H and O–H groups in total. The summed E-state index contributed by atoms with van der Waals surface area (Å²) in [6.07, 6.45) is 36.5. The third-order valence-corrected chi connectivity index (χ3v) is 10.7. The van der Waals surface area contributed by atoms with E-state index in [1.165, 1.54) is 141 Å². The van der Waals surface area contributed by atoms with Gasteiger partial charge in [0.2, 0.25) is 11.8 Å².